The van der Waals surface area contributed by atoms with E-state index in [-0.39, 0.29) is 15.6 Å². The fourth-order valence-corrected chi connectivity index (χ4v) is 1.73. The molecule has 1 amide bonds. The van der Waals surface area contributed by atoms with E-state index in [1.807, 2.05) is 0 Å². The molecule has 0 radical (unpaired) electrons. The van der Waals surface area contributed by atoms with Gasteiger partial charge in [0.05, 0.1) is 21.6 Å². The van der Waals surface area contributed by atoms with E-state index in [4.69, 9.17) is 22.5 Å². The number of halogens is 1. The average Bonchev–Trinajstić information content (AvgIpc) is 2.19. The largest absolute Gasteiger partial charge is 0.323 e. The summed E-state index contributed by atoms with van der Waals surface area (Å²) in [7, 11) is -3.84. The summed E-state index contributed by atoms with van der Waals surface area (Å²) >= 11 is 5.80. The van der Waals surface area contributed by atoms with Gasteiger partial charge in [-0.15, -0.1) is 0 Å². The molecule has 0 aliphatic heterocycles. The first-order valence-corrected chi connectivity index (χ1v) is 6.53. The van der Waals surface area contributed by atoms with Crippen molar-refractivity contribution in [1.82, 2.24) is 0 Å². The Labute approximate surface area is 104 Å². The van der Waals surface area contributed by atoms with Gasteiger partial charge in [-0.25, -0.2) is 13.6 Å². The van der Waals surface area contributed by atoms with Gasteiger partial charge in [-0.05, 0) is 25.1 Å². The zero-order chi connectivity index (χ0) is 13.2. The zero-order valence-corrected chi connectivity index (χ0v) is 10.5. The van der Waals surface area contributed by atoms with Crippen molar-refractivity contribution >= 4 is 33.2 Å². The molecule has 0 fully saturated rings. The Morgan fingerprint density at radius 3 is 2.53 bits per heavy atom. The Kier molecular flexibility index (Phi) is 4.10. The van der Waals surface area contributed by atoms with Crippen LogP contribution in [0, 0.1) is 0 Å². The van der Waals surface area contributed by atoms with Crippen LogP contribution < -0.4 is 16.2 Å². The Bertz CT molecular complexity index is 542. The van der Waals surface area contributed by atoms with Crippen LogP contribution in [0.4, 0.5) is 5.69 Å². The smallest absolute Gasteiger partial charge is 0.241 e. The lowest BCUT2D eigenvalue weighted by Crippen LogP contribution is -2.32. The summed E-state index contributed by atoms with van der Waals surface area (Å²) in [5, 5.41) is 7.56. The van der Waals surface area contributed by atoms with Crippen LogP contribution >= 0.6 is 11.6 Å². The minimum Gasteiger partial charge on any atom is -0.323 e. The number of primary sulfonamides is 1. The third kappa shape index (κ3) is 3.67. The highest BCUT2D eigenvalue weighted by atomic mass is 35.5. The van der Waals surface area contributed by atoms with Gasteiger partial charge in [0.25, 0.3) is 0 Å². The third-order valence-electron chi connectivity index (χ3n) is 1.94. The van der Waals surface area contributed by atoms with Crippen molar-refractivity contribution in [3.63, 3.8) is 0 Å². The Morgan fingerprint density at radius 2 is 2.06 bits per heavy atom. The molecule has 0 saturated heterocycles. The second kappa shape index (κ2) is 5.01. The SMILES string of the molecule is C[C@@H](N)C(=O)Nc1cc(S(N)(=O)=O)ccc1Cl. The molecular formula is C9H12ClN3O3S. The molecule has 5 N–H and O–H groups in total. The van der Waals surface area contributed by atoms with E-state index in [1.54, 1.807) is 0 Å². The number of carbonyl (C=O) groups is 1. The molecule has 0 heterocycles. The normalized spacial score (nSPS) is 13.2. The maximum Gasteiger partial charge on any atom is 0.241 e. The number of carbonyl (C=O) groups excluding carboxylic acids is 1. The fraction of sp³-hybridized carbons (Fsp3) is 0.222. The van der Waals surface area contributed by atoms with E-state index in [2.05, 4.69) is 5.32 Å². The van der Waals surface area contributed by atoms with Gasteiger partial charge < -0.3 is 11.1 Å². The van der Waals surface area contributed by atoms with Crippen molar-refractivity contribution in [2.45, 2.75) is 17.9 Å². The maximum absolute atomic E-state index is 11.3. The van der Waals surface area contributed by atoms with Gasteiger partial charge in [0.15, 0.2) is 0 Å². The topological polar surface area (TPSA) is 115 Å². The number of sulfonamides is 1. The predicted molar refractivity (Wildman–Crippen MR) is 65.1 cm³/mol. The minimum atomic E-state index is -3.84. The van der Waals surface area contributed by atoms with E-state index < -0.39 is 22.0 Å². The predicted octanol–water partition coefficient (Wildman–Crippen LogP) is 0.273. The lowest BCUT2D eigenvalue weighted by molar-refractivity contribution is -0.117. The van der Waals surface area contributed by atoms with Crippen molar-refractivity contribution in [2.75, 3.05) is 5.32 Å². The van der Waals surface area contributed by atoms with Gasteiger partial charge in [-0.1, -0.05) is 11.6 Å². The number of hydrogen-bond donors (Lipinski definition) is 3. The molecule has 0 aliphatic carbocycles. The minimum absolute atomic E-state index is 0.137. The fourth-order valence-electron chi connectivity index (χ4n) is 1.02. The highest BCUT2D eigenvalue weighted by Gasteiger charge is 2.14. The van der Waals surface area contributed by atoms with Crippen LogP contribution in [0.5, 0.6) is 0 Å². The highest BCUT2D eigenvalue weighted by Crippen LogP contribution is 2.24. The highest BCUT2D eigenvalue weighted by molar-refractivity contribution is 7.89. The van der Waals surface area contributed by atoms with Gasteiger partial charge >= 0.3 is 0 Å². The summed E-state index contributed by atoms with van der Waals surface area (Å²) in [5.74, 6) is -0.474. The molecule has 0 aliphatic rings. The van der Waals surface area contributed by atoms with Gasteiger partial charge in [0, 0.05) is 0 Å². The molecule has 1 aromatic rings. The second-order valence-electron chi connectivity index (χ2n) is 3.46. The zero-order valence-electron chi connectivity index (χ0n) is 8.98. The lowest BCUT2D eigenvalue weighted by atomic mass is 10.3. The molecule has 6 nitrogen and oxygen atoms in total. The number of hydrogen-bond acceptors (Lipinski definition) is 4. The van der Waals surface area contributed by atoms with Crippen LogP contribution in [0.2, 0.25) is 5.02 Å². The van der Waals surface area contributed by atoms with Crippen molar-refractivity contribution in [3.8, 4) is 0 Å². The molecule has 17 heavy (non-hydrogen) atoms. The van der Waals surface area contributed by atoms with Crippen molar-refractivity contribution < 1.29 is 13.2 Å². The van der Waals surface area contributed by atoms with E-state index in [0.717, 1.165) is 0 Å². The maximum atomic E-state index is 11.3. The summed E-state index contributed by atoms with van der Waals surface area (Å²) in [5.41, 5.74) is 5.51. The van der Waals surface area contributed by atoms with E-state index in [9.17, 15) is 13.2 Å². The van der Waals surface area contributed by atoms with Crippen molar-refractivity contribution in [2.24, 2.45) is 10.9 Å². The van der Waals surface area contributed by atoms with Crippen LogP contribution in [0.3, 0.4) is 0 Å². The van der Waals surface area contributed by atoms with Crippen LogP contribution in [0.1, 0.15) is 6.92 Å². The van der Waals surface area contributed by atoms with E-state index in [1.165, 1.54) is 25.1 Å². The second-order valence-corrected chi connectivity index (χ2v) is 5.43. The molecule has 94 valence electrons. The Morgan fingerprint density at radius 1 is 1.47 bits per heavy atom. The van der Waals surface area contributed by atoms with Crippen LogP contribution in [-0.4, -0.2) is 20.4 Å². The van der Waals surface area contributed by atoms with Gasteiger partial charge in [0.1, 0.15) is 0 Å². The first-order valence-electron chi connectivity index (χ1n) is 4.60. The van der Waals surface area contributed by atoms with E-state index in [0.29, 0.717) is 0 Å². The van der Waals surface area contributed by atoms with E-state index >= 15 is 0 Å². The monoisotopic (exact) mass is 277 g/mol. The van der Waals surface area contributed by atoms with Gasteiger partial charge in [-0.2, -0.15) is 0 Å². The van der Waals surface area contributed by atoms with Crippen molar-refractivity contribution in [1.29, 1.82) is 0 Å². The molecule has 1 rings (SSSR count). The first kappa shape index (κ1) is 13.9. The van der Waals surface area contributed by atoms with Crippen LogP contribution in [0.15, 0.2) is 23.1 Å². The molecule has 1 atom stereocenters. The summed E-state index contributed by atoms with van der Waals surface area (Å²) in [6.45, 7) is 1.49. The molecule has 1 aromatic carbocycles. The summed E-state index contributed by atoms with van der Waals surface area (Å²) < 4.78 is 22.2. The summed E-state index contributed by atoms with van der Waals surface area (Å²) in [4.78, 5) is 11.2. The molecule has 0 unspecified atom stereocenters. The molecule has 0 aromatic heterocycles. The standard InChI is InChI=1S/C9H12ClN3O3S/c1-5(11)9(14)13-8-4-6(17(12,15)16)2-3-7(8)10/h2-5H,11H2,1H3,(H,13,14)(H2,12,15,16)/t5-/m1/s1. The number of nitrogens with one attached hydrogen (secondary N) is 1. The molecule has 0 saturated carbocycles. The number of nitrogens with two attached hydrogens (primary N) is 2. The summed E-state index contributed by atoms with van der Waals surface area (Å²) in [6, 6.07) is 3.03. The van der Waals surface area contributed by atoms with Gasteiger partial charge in [0.2, 0.25) is 15.9 Å². The molecule has 8 heteroatoms. The molecular weight excluding hydrogens is 266 g/mol. The van der Waals surface area contributed by atoms with Crippen LogP contribution in [-0.2, 0) is 14.8 Å². The Balaban J connectivity index is 3.12. The quantitative estimate of drug-likeness (QED) is 0.735. The van der Waals surface area contributed by atoms with Crippen molar-refractivity contribution in [3.05, 3.63) is 23.2 Å². The Hall–Kier alpha value is -1.15. The van der Waals surface area contributed by atoms with Crippen LogP contribution in [0.25, 0.3) is 0 Å². The third-order valence-corrected chi connectivity index (χ3v) is 3.18. The van der Waals surface area contributed by atoms with Gasteiger partial charge in [-0.3, -0.25) is 4.79 Å². The number of rotatable bonds is 3. The first-order chi connectivity index (χ1) is 7.71. The number of benzene rings is 1. The molecule has 0 spiro atoms. The number of amides is 1. The molecule has 0 bridgehead atoms. The summed E-state index contributed by atoms with van der Waals surface area (Å²) in [6.07, 6.45) is 0. The number of anilines is 1. The lowest BCUT2D eigenvalue weighted by Gasteiger charge is -2.10. The average molecular weight is 278 g/mol.